The minimum atomic E-state index is -0.386. The number of rotatable bonds is 5. The molecule has 0 saturated carbocycles. The van der Waals surface area contributed by atoms with E-state index in [0.29, 0.717) is 6.04 Å². The van der Waals surface area contributed by atoms with Gasteiger partial charge in [0.05, 0.1) is 0 Å². The zero-order valence-electron chi connectivity index (χ0n) is 8.53. The number of carbonyl (C=O) groups is 1. The molecule has 1 aromatic rings. The van der Waals surface area contributed by atoms with Crippen LogP contribution in [0.15, 0.2) is 12.3 Å². The first kappa shape index (κ1) is 10.6. The maximum Gasteiger partial charge on any atom is 0.239 e. The molecule has 0 fully saturated rings. The molecule has 3 N–H and O–H groups in total. The average molecular weight is 196 g/mol. The Kier molecular flexibility index (Phi) is 3.50. The molecule has 0 saturated heterocycles. The van der Waals surface area contributed by atoms with Gasteiger partial charge in [-0.25, -0.2) is 0 Å². The van der Waals surface area contributed by atoms with Gasteiger partial charge in [-0.2, -0.15) is 5.10 Å². The van der Waals surface area contributed by atoms with Gasteiger partial charge in [-0.15, -0.1) is 0 Å². The molecular weight excluding hydrogens is 180 g/mol. The summed E-state index contributed by atoms with van der Waals surface area (Å²) in [4.78, 5) is 10.6. The summed E-state index contributed by atoms with van der Waals surface area (Å²) in [6.07, 6.45) is 2.76. The number of nitrogens with one attached hydrogen (secondary N) is 1. The first-order valence-electron chi connectivity index (χ1n) is 4.70. The smallest absolute Gasteiger partial charge is 0.239 e. The Labute approximate surface area is 83.3 Å². The fourth-order valence-electron chi connectivity index (χ4n) is 1.04. The van der Waals surface area contributed by atoms with Gasteiger partial charge >= 0.3 is 0 Å². The van der Waals surface area contributed by atoms with Crippen LogP contribution in [-0.4, -0.2) is 21.7 Å². The third-order valence-electron chi connectivity index (χ3n) is 1.97. The number of nitrogens with two attached hydrogens (primary N) is 1. The van der Waals surface area contributed by atoms with Gasteiger partial charge in [-0.3, -0.25) is 9.48 Å². The van der Waals surface area contributed by atoms with E-state index in [1.807, 2.05) is 6.07 Å². The van der Waals surface area contributed by atoms with Crippen molar-refractivity contribution in [2.45, 2.75) is 32.9 Å². The van der Waals surface area contributed by atoms with Crippen LogP contribution in [0.2, 0.25) is 0 Å². The maximum atomic E-state index is 10.6. The van der Waals surface area contributed by atoms with E-state index in [1.165, 1.54) is 4.68 Å². The van der Waals surface area contributed by atoms with E-state index in [2.05, 4.69) is 24.3 Å². The number of aromatic nitrogens is 2. The van der Waals surface area contributed by atoms with Gasteiger partial charge < -0.3 is 11.1 Å². The Morgan fingerprint density at radius 1 is 1.79 bits per heavy atom. The molecule has 1 heterocycles. The zero-order chi connectivity index (χ0) is 10.6. The molecule has 1 aromatic heterocycles. The van der Waals surface area contributed by atoms with Crippen LogP contribution < -0.4 is 11.1 Å². The molecular formula is C9H16N4O. The fraction of sp³-hybridized carbons (Fsp3) is 0.556. The van der Waals surface area contributed by atoms with Crippen molar-refractivity contribution < 1.29 is 4.79 Å². The summed E-state index contributed by atoms with van der Waals surface area (Å²) in [6, 6.07) is 2.21. The molecule has 0 spiro atoms. The molecule has 5 heteroatoms. The first-order valence-corrected chi connectivity index (χ1v) is 4.70. The average Bonchev–Trinajstić information content (AvgIpc) is 2.51. The molecule has 0 aliphatic rings. The summed E-state index contributed by atoms with van der Waals surface area (Å²) >= 11 is 0. The van der Waals surface area contributed by atoms with E-state index in [9.17, 15) is 4.79 Å². The lowest BCUT2D eigenvalue weighted by Gasteiger charge is -2.09. The van der Waals surface area contributed by atoms with E-state index in [-0.39, 0.29) is 12.5 Å². The van der Waals surface area contributed by atoms with Crippen LogP contribution in [0, 0.1) is 0 Å². The van der Waals surface area contributed by atoms with E-state index in [0.717, 1.165) is 12.2 Å². The lowest BCUT2D eigenvalue weighted by molar-refractivity contribution is -0.118. The van der Waals surface area contributed by atoms with Gasteiger partial charge in [0, 0.05) is 18.3 Å². The van der Waals surface area contributed by atoms with Crippen LogP contribution in [0.3, 0.4) is 0 Å². The van der Waals surface area contributed by atoms with Gasteiger partial charge in [0.25, 0.3) is 0 Å². The summed E-state index contributed by atoms with van der Waals surface area (Å²) in [6.45, 7) is 4.30. The Bertz CT molecular complexity index is 308. The van der Waals surface area contributed by atoms with Crippen molar-refractivity contribution in [2.75, 3.05) is 5.32 Å². The van der Waals surface area contributed by atoms with E-state index in [4.69, 9.17) is 5.73 Å². The SMILES string of the molecule is CCC(C)Nc1ccn(CC(N)=O)n1. The van der Waals surface area contributed by atoms with Gasteiger partial charge in [-0.05, 0) is 13.3 Å². The molecule has 0 radical (unpaired) electrons. The lowest BCUT2D eigenvalue weighted by Crippen LogP contribution is -2.19. The van der Waals surface area contributed by atoms with Crippen molar-refractivity contribution in [1.29, 1.82) is 0 Å². The molecule has 78 valence electrons. The normalized spacial score (nSPS) is 12.4. The summed E-state index contributed by atoms with van der Waals surface area (Å²) in [5.74, 6) is 0.392. The topological polar surface area (TPSA) is 72.9 Å². The number of carbonyl (C=O) groups excluding carboxylic acids is 1. The molecule has 1 unspecified atom stereocenters. The van der Waals surface area contributed by atoms with E-state index >= 15 is 0 Å². The van der Waals surface area contributed by atoms with Crippen LogP contribution in [-0.2, 0) is 11.3 Å². The second-order valence-electron chi connectivity index (χ2n) is 3.32. The molecule has 0 aliphatic carbocycles. The van der Waals surface area contributed by atoms with Crippen LogP contribution in [0.25, 0.3) is 0 Å². The van der Waals surface area contributed by atoms with Crippen molar-refractivity contribution >= 4 is 11.7 Å². The summed E-state index contributed by atoms with van der Waals surface area (Å²) < 4.78 is 1.52. The van der Waals surface area contributed by atoms with Crippen molar-refractivity contribution in [3.8, 4) is 0 Å². The molecule has 5 nitrogen and oxygen atoms in total. The number of nitrogens with zero attached hydrogens (tertiary/aromatic N) is 2. The van der Waals surface area contributed by atoms with Crippen molar-refractivity contribution in [3.63, 3.8) is 0 Å². The standard InChI is InChI=1S/C9H16N4O/c1-3-7(2)11-9-4-5-13(12-9)6-8(10)14/h4-5,7H,3,6H2,1-2H3,(H2,10,14)(H,11,12). The lowest BCUT2D eigenvalue weighted by atomic mass is 10.3. The molecule has 0 aliphatic heterocycles. The second kappa shape index (κ2) is 4.64. The fourth-order valence-corrected chi connectivity index (χ4v) is 1.04. The monoisotopic (exact) mass is 196 g/mol. The summed E-state index contributed by atoms with van der Waals surface area (Å²) in [5.41, 5.74) is 5.04. The van der Waals surface area contributed by atoms with Gasteiger partial charge in [0.2, 0.25) is 5.91 Å². The van der Waals surface area contributed by atoms with Gasteiger partial charge in [0.1, 0.15) is 12.4 Å². The quantitative estimate of drug-likeness (QED) is 0.723. The maximum absolute atomic E-state index is 10.6. The van der Waals surface area contributed by atoms with Crippen molar-refractivity contribution in [2.24, 2.45) is 5.73 Å². The number of hydrogen-bond acceptors (Lipinski definition) is 3. The van der Waals surface area contributed by atoms with Crippen molar-refractivity contribution in [1.82, 2.24) is 9.78 Å². The number of anilines is 1. The minimum Gasteiger partial charge on any atom is -0.368 e. The summed E-state index contributed by atoms with van der Waals surface area (Å²) in [7, 11) is 0. The van der Waals surface area contributed by atoms with Gasteiger partial charge in [-0.1, -0.05) is 6.92 Å². The highest BCUT2D eigenvalue weighted by Gasteiger charge is 2.03. The Balaban J connectivity index is 2.54. The third-order valence-corrected chi connectivity index (χ3v) is 1.97. The van der Waals surface area contributed by atoms with E-state index in [1.54, 1.807) is 6.20 Å². The molecule has 1 rings (SSSR count). The highest BCUT2D eigenvalue weighted by atomic mass is 16.1. The van der Waals surface area contributed by atoms with Crippen LogP contribution in [0.1, 0.15) is 20.3 Å². The zero-order valence-corrected chi connectivity index (χ0v) is 8.53. The highest BCUT2D eigenvalue weighted by Crippen LogP contribution is 2.05. The highest BCUT2D eigenvalue weighted by molar-refractivity contribution is 5.73. The van der Waals surface area contributed by atoms with Crippen LogP contribution >= 0.6 is 0 Å². The largest absolute Gasteiger partial charge is 0.368 e. The predicted molar refractivity (Wildman–Crippen MR) is 54.8 cm³/mol. The molecule has 1 atom stereocenters. The third kappa shape index (κ3) is 3.08. The minimum absolute atomic E-state index is 0.127. The van der Waals surface area contributed by atoms with Crippen LogP contribution in [0.4, 0.5) is 5.82 Å². The Hall–Kier alpha value is -1.52. The predicted octanol–water partition coefficient (Wildman–Crippen LogP) is 0.579. The van der Waals surface area contributed by atoms with Crippen LogP contribution in [0.5, 0.6) is 0 Å². The first-order chi connectivity index (χ1) is 6.61. The number of primary amides is 1. The number of amides is 1. The van der Waals surface area contributed by atoms with Gasteiger partial charge in [0.15, 0.2) is 0 Å². The summed E-state index contributed by atoms with van der Waals surface area (Å²) in [5, 5.41) is 7.34. The molecule has 0 bridgehead atoms. The molecule has 14 heavy (non-hydrogen) atoms. The van der Waals surface area contributed by atoms with Crippen molar-refractivity contribution in [3.05, 3.63) is 12.3 Å². The Morgan fingerprint density at radius 3 is 3.07 bits per heavy atom. The molecule has 1 amide bonds. The molecule has 0 aromatic carbocycles. The Morgan fingerprint density at radius 2 is 2.50 bits per heavy atom. The van der Waals surface area contributed by atoms with E-state index < -0.39 is 0 Å². The number of hydrogen-bond donors (Lipinski definition) is 2. The second-order valence-corrected chi connectivity index (χ2v) is 3.32.